The van der Waals surface area contributed by atoms with E-state index in [9.17, 15) is 0 Å². The molecule has 0 radical (unpaired) electrons. The first-order chi connectivity index (χ1) is 7.84. The van der Waals surface area contributed by atoms with Crippen molar-refractivity contribution in [3.05, 3.63) is 35.8 Å². The normalized spacial score (nSPS) is 15.2. The molecular formula is C11H13N5. The highest BCUT2D eigenvalue weighted by atomic mass is 15.4. The largest absolute Gasteiger partial charge is 0.381 e. The Balaban J connectivity index is 1.90. The Morgan fingerprint density at radius 2 is 2.31 bits per heavy atom. The Kier molecular flexibility index (Phi) is 2.09. The van der Waals surface area contributed by atoms with Gasteiger partial charge < -0.3 is 5.73 Å². The van der Waals surface area contributed by atoms with Crippen LogP contribution in [-0.2, 0) is 6.54 Å². The van der Waals surface area contributed by atoms with Gasteiger partial charge in [0, 0.05) is 18.3 Å². The third kappa shape index (κ3) is 1.64. The van der Waals surface area contributed by atoms with Gasteiger partial charge >= 0.3 is 0 Å². The number of pyridine rings is 1. The molecule has 2 aromatic heterocycles. The molecule has 1 aliphatic rings. The molecule has 5 heteroatoms. The fourth-order valence-corrected chi connectivity index (χ4v) is 1.89. The molecule has 0 bridgehead atoms. The fraction of sp³-hybridized carbons (Fsp3) is 0.364. The SMILES string of the molecule is Nc1nnn(Cc2cccnc2)c1C1CC1. The summed E-state index contributed by atoms with van der Waals surface area (Å²) in [4.78, 5) is 4.09. The maximum absolute atomic E-state index is 5.83. The van der Waals surface area contributed by atoms with Gasteiger partial charge in [-0.3, -0.25) is 4.98 Å². The monoisotopic (exact) mass is 215 g/mol. The molecule has 82 valence electrons. The average Bonchev–Trinajstić information content (AvgIpc) is 3.07. The van der Waals surface area contributed by atoms with Gasteiger partial charge in [0.2, 0.25) is 0 Å². The minimum atomic E-state index is 0.562. The first-order valence-electron chi connectivity index (χ1n) is 5.42. The summed E-state index contributed by atoms with van der Waals surface area (Å²) in [6.07, 6.45) is 6.00. The van der Waals surface area contributed by atoms with E-state index in [1.54, 1.807) is 6.20 Å². The van der Waals surface area contributed by atoms with Gasteiger partial charge in [0.15, 0.2) is 5.82 Å². The molecule has 0 saturated heterocycles. The first kappa shape index (κ1) is 9.33. The number of hydrogen-bond donors (Lipinski definition) is 1. The molecule has 0 spiro atoms. The summed E-state index contributed by atoms with van der Waals surface area (Å²) in [5.41, 5.74) is 8.03. The number of rotatable bonds is 3. The van der Waals surface area contributed by atoms with E-state index in [1.807, 2.05) is 23.0 Å². The van der Waals surface area contributed by atoms with Crippen LogP contribution in [0.15, 0.2) is 24.5 Å². The van der Waals surface area contributed by atoms with Crippen molar-refractivity contribution in [2.24, 2.45) is 0 Å². The maximum Gasteiger partial charge on any atom is 0.169 e. The lowest BCUT2D eigenvalue weighted by atomic mass is 10.2. The molecule has 0 unspecified atom stereocenters. The number of aromatic nitrogens is 4. The van der Waals surface area contributed by atoms with E-state index in [2.05, 4.69) is 15.3 Å². The molecule has 1 saturated carbocycles. The zero-order valence-corrected chi connectivity index (χ0v) is 8.87. The third-order valence-electron chi connectivity index (χ3n) is 2.82. The third-order valence-corrected chi connectivity index (χ3v) is 2.82. The molecule has 1 aliphatic carbocycles. The maximum atomic E-state index is 5.83. The van der Waals surface area contributed by atoms with E-state index in [0.29, 0.717) is 18.3 Å². The highest BCUT2D eigenvalue weighted by Crippen LogP contribution is 2.41. The van der Waals surface area contributed by atoms with Crippen molar-refractivity contribution >= 4 is 5.82 Å². The molecule has 5 nitrogen and oxygen atoms in total. The first-order valence-corrected chi connectivity index (χ1v) is 5.42. The summed E-state index contributed by atoms with van der Waals surface area (Å²) in [6.45, 7) is 0.698. The topological polar surface area (TPSA) is 69.6 Å². The summed E-state index contributed by atoms with van der Waals surface area (Å²) in [5, 5.41) is 8.03. The van der Waals surface area contributed by atoms with E-state index in [0.717, 1.165) is 11.3 Å². The Hall–Kier alpha value is -1.91. The van der Waals surface area contributed by atoms with Crippen LogP contribution in [-0.4, -0.2) is 20.0 Å². The van der Waals surface area contributed by atoms with Crippen LogP contribution in [0.5, 0.6) is 0 Å². The molecular weight excluding hydrogens is 202 g/mol. The molecule has 0 aromatic carbocycles. The smallest absolute Gasteiger partial charge is 0.169 e. The number of nitrogens with two attached hydrogens (primary N) is 1. The number of hydrogen-bond acceptors (Lipinski definition) is 4. The molecule has 16 heavy (non-hydrogen) atoms. The number of nitrogen functional groups attached to an aromatic ring is 1. The van der Waals surface area contributed by atoms with Crippen LogP contribution in [0.25, 0.3) is 0 Å². The second-order valence-corrected chi connectivity index (χ2v) is 4.15. The van der Waals surface area contributed by atoms with Crippen molar-refractivity contribution < 1.29 is 0 Å². The zero-order chi connectivity index (χ0) is 11.0. The van der Waals surface area contributed by atoms with Crippen molar-refractivity contribution in [3.8, 4) is 0 Å². The number of nitrogens with zero attached hydrogens (tertiary/aromatic N) is 4. The lowest BCUT2D eigenvalue weighted by Crippen LogP contribution is -2.06. The Morgan fingerprint density at radius 1 is 1.44 bits per heavy atom. The highest BCUT2D eigenvalue weighted by molar-refractivity contribution is 5.38. The van der Waals surface area contributed by atoms with E-state index < -0.39 is 0 Å². The summed E-state index contributed by atoms with van der Waals surface area (Å²) in [7, 11) is 0. The fourth-order valence-electron chi connectivity index (χ4n) is 1.89. The van der Waals surface area contributed by atoms with Crippen molar-refractivity contribution in [2.45, 2.75) is 25.3 Å². The molecule has 1 fully saturated rings. The summed E-state index contributed by atoms with van der Waals surface area (Å²) < 4.78 is 1.89. The standard InChI is InChI=1S/C11H13N5/c12-11-10(9-3-4-9)16(15-14-11)7-8-2-1-5-13-6-8/h1-2,5-6,9H,3-4,7,12H2. The second kappa shape index (κ2) is 3.59. The van der Waals surface area contributed by atoms with Crippen LogP contribution in [0.4, 0.5) is 5.82 Å². The summed E-state index contributed by atoms with van der Waals surface area (Å²) in [5.74, 6) is 1.14. The van der Waals surface area contributed by atoms with Crippen LogP contribution >= 0.6 is 0 Å². The van der Waals surface area contributed by atoms with Crippen LogP contribution in [0.2, 0.25) is 0 Å². The lowest BCUT2D eigenvalue weighted by Gasteiger charge is -2.05. The van der Waals surface area contributed by atoms with Gasteiger partial charge in [0.1, 0.15) is 0 Å². The predicted molar refractivity (Wildman–Crippen MR) is 59.7 cm³/mol. The van der Waals surface area contributed by atoms with Gasteiger partial charge in [-0.15, -0.1) is 5.10 Å². The zero-order valence-electron chi connectivity index (χ0n) is 8.87. The summed E-state index contributed by atoms with van der Waals surface area (Å²) >= 11 is 0. The average molecular weight is 215 g/mol. The van der Waals surface area contributed by atoms with E-state index in [4.69, 9.17) is 5.73 Å². The van der Waals surface area contributed by atoms with Gasteiger partial charge in [0.25, 0.3) is 0 Å². The molecule has 2 N–H and O–H groups in total. The Bertz CT molecular complexity index is 486. The minimum Gasteiger partial charge on any atom is -0.381 e. The van der Waals surface area contributed by atoms with Gasteiger partial charge in [-0.1, -0.05) is 11.3 Å². The van der Waals surface area contributed by atoms with Gasteiger partial charge in [-0.05, 0) is 24.5 Å². The van der Waals surface area contributed by atoms with Gasteiger partial charge in [-0.25, -0.2) is 4.68 Å². The Labute approximate surface area is 93.3 Å². The van der Waals surface area contributed by atoms with E-state index >= 15 is 0 Å². The van der Waals surface area contributed by atoms with Crippen LogP contribution in [0.1, 0.15) is 30.0 Å². The van der Waals surface area contributed by atoms with Crippen molar-refractivity contribution in [1.82, 2.24) is 20.0 Å². The molecule has 0 atom stereocenters. The van der Waals surface area contributed by atoms with Crippen LogP contribution in [0, 0.1) is 0 Å². The van der Waals surface area contributed by atoms with Gasteiger partial charge in [0.05, 0.1) is 12.2 Å². The second-order valence-electron chi connectivity index (χ2n) is 4.15. The van der Waals surface area contributed by atoms with E-state index in [1.165, 1.54) is 12.8 Å². The minimum absolute atomic E-state index is 0.562. The predicted octanol–water partition coefficient (Wildman–Crippen LogP) is 1.18. The van der Waals surface area contributed by atoms with Crippen molar-refractivity contribution in [3.63, 3.8) is 0 Å². The van der Waals surface area contributed by atoms with Crippen molar-refractivity contribution in [1.29, 1.82) is 0 Å². The molecule has 0 aliphatic heterocycles. The lowest BCUT2D eigenvalue weighted by molar-refractivity contribution is 0.618. The number of anilines is 1. The quantitative estimate of drug-likeness (QED) is 0.834. The van der Waals surface area contributed by atoms with Crippen LogP contribution < -0.4 is 5.73 Å². The summed E-state index contributed by atoms with van der Waals surface area (Å²) in [6, 6.07) is 3.95. The highest BCUT2D eigenvalue weighted by Gasteiger charge is 2.30. The Morgan fingerprint density at radius 3 is 3.00 bits per heavy atom. The molecule has 2 heterocycles. The molecule has 3 rings (SSSR count). The van der Waals surface area contributed by atoms with E-state index in [-0.39, 0.29) is 0 Å². The molecule has 0 amide bonds. The van der Waals surface area contributed by atoms with Crippen LogP contribution in [0.3, 0.4) is 0 Å². The van der Waals surface area contributed by atoms with Gasteiger partial charge in [-0.2, -0.15) is 0 Å². The van der Waals surface area contributed by atoms with Crippen molar-refractivity contribution in [2.75, 3.05) is 5.73 Å². The molecule has 2 aromatic rings.